The Morgan fingerprint density at radius 1 is 1.17 bits per heavy atom. The Morgan fingerprint density at radius 3 is 2.55 bits per heavy atom. The molecule has 152 valence electrons. The van der Waals surface area contributed by atoms with Crippen LogP contribution in [0.15, 0.2) is 46.9 Å². The molecule has 0 unspecified atom stereocenters. The highest BCUT2D eigenvalue weighted by Gasteiger charge is 2.50. The molecular weight excluding hydrogens is 442 g/mol. The first-order valence-electron chi connectivity index (χ1n) is 8.71. The Bertz CT molecular complexity index is 980. The van der Waals surface area contributed by atoms with Crippen LogP contribution in [-0.4, -0.2) is 43.5 Å². The maximum atomic E-state index is 13.0. The largest absolute Gasteiger partial charge is 0.497 e. The van der Waals surface area contributed by atoms with Gasteiger partial charge in [0.25, 0.3) is 5.91 Å². The Balaban J connectivity index is 1.77. The number of rotatable bonds is 6. The van der Waals surface area contributed by atoms with Crippen molar-refractivity contribution < 1.29 is 23.9 Å². The van der Waals surface area contributed by atoms with Crippen LogP contribution < -0.4 is 20.1 Å². The van der Waals surface area contributed by atoms with E-state index in [9.17, 15) is 14.4 Å². The van der Waals surface area contributed by atoms with Gasteiger partial charge in [0.2, 0.25) is 5.91 Å². The van der Waals surface area contributed by atoms with E-state index in [2.05, 4.69) is 26.6 Å². The van der Waals surface area contributed by atoms with Crippen molar-refractivity contribution in [1.82, 2.24) is 10.2 Å². The molecule has 0 spiro atoms. The number of methoxy groups -OCH3 is 2. The minimum atomic E-state index is -1.27. The van der Waals surface area contributed by atoms with E-state index < -0.39 is 29.9 Å². The normalized spacial score (nSPS) is 18.4. The molecule has 0 radical (unpaired) electrons. The quantitative estimate of drug-likeness (QED) is 0.644. The van der Waals surface area contributed by atoms with Crippen LogP contribution in [0.25, 0.3) is 0 Å². The third-order valence-electron chi connectivity index (χ3n) is 4.67. The van der Waals surface area contributed by atoms with E-state index in [4.69, 9.17) is 9.47 Å². The van der Waals surface area contributed by atoms with Crippen LogP contribution in [-0.2, 0) is 15.1 Å². The number of amides is 4. The molecule has 1 heterocycles. The number of carbonyl (C=O) groups is 3. The summed E-state index contributed by atoms with van der Waals surface area (Å²) in [5, 5.41) is 5.34. The van der Waals surface area contributed by atoms with Crippen LogP contribution >= 0.6 is 15.9 Å². The number of halogens is 1. The van der Waals surface area contributed by atoms with Gasteiger partial charge in [0.05, 0.1) is 19.9 Å². The maximum Gasteiger partial charge on any atom is 0.325 e. The van der Waals surface area contributed by atoms with Crippen molar-refractivity contribution in [2.45, 2.75) is 12.5 Å². The van der Waals surface area contributed by atoms with Gasteiger partial charge in [-0.05, 0) is 25.1 Å². The van der Waals surface area contributed by atoms with E-state index in [1.165, 1.54) is 14.2 Å². The van der Waals surface area contributed by atoms with Crippen LogP contribution in [0, 0.1) is 0 Å². The third kappa shape index (κ3) is 3.91. The smallest absolute Gasteiger partial charge is 0.325 e. The molecule has 2 N–H and O–H groups in total. The van der Waals surface area contributed by atoms with Gasteiger partial charge in [-0.2, -0.15) is 0 Å². The molecule has 3 rings (SSSR count). The lowest BCUT2D eigenvalue weighted by atomic mass is 9.92. The Morgan fingerprint density at radius 2 is 1.90 bits per heavy atom. The molecule has 0 aliphatic carbocycles. The Hall–Kier alpha value is -3.07. The predicted octanol–water partition coefficient (Wildman–Crippen LogP) is 2.87. The summed E-state index contributed by atoms with van der Waals surface area (Å²) in [6.07, 6.45) is 0. The van der Waals surface area contributed by atoms with Crippen LogP contribution in [0.3, 0.4) is 0 Å². The average molecular weight is 462 g/mol. The second-order valence-electron chi connectivity index (χ2n) is 6.54. The van der Waals surface area contributed by atoms with Crippen molar-refractivity contribution in [2.24, 2.45) is 0 Å². The zero-order chi connectivity index (χ0) is 21.2. The monoisotopic (exact) mass is 461 g/mol. The van der Waals surface area contributed by atoms with Crippen molar-refractivity contribution in [1.29, 1.82) is 0 Å². The molecule has 8 nitrogen and oxygen atoms in total. The second kappa shape index (κ2) is 8.12. The van der Waals surface area contributed by atoms with Crippen molar-refractivity contribution in [2.75, 3.05) is 26.1 Å². The topological polar surface area (TPSA) is 97.0 Å². The van der Waals surface area contributed by atoms with Gasteiger partial charge >= 0.3 is 6.03 Å². The fraction of sp³-hybridized carbons (Fsp3) is 0.250. The number of imide groups is 1. The summed E-state index contributed by atoms with van der Waals surface area (Å²) in [7, 11) is 2.98. The highest BCUT2D eigenvalue weighted by Crippen LogP contribution is 2.34. The highest BCUT2D eigenvalue weighted by molar-refractivity contribution is 9.10. The molecular formula is C20H20BrN3O5. The van der Waals surface area contributed by atoms with Gasteiger partial charge in [0.1, 0.15) is 23.6 Å². The van der Waals surface area contributed by atoms with Crippen molar-refractivity contribution in [3.63, 3.8) is 0 Å². The van der Waals surface area contributed by atoms with Gasteiger partial charge < -0.3 is 20.1 Å². The minimum Gasteiger partial charge on any atom is -0.497 e. The van der Waals surface area contributed by atoms with E-state index in [0.29, 0.717) is 27.2 Å². The van der Waals surface area contributed by atoms with Crippen molar-refractivity contribution >= 4 is 39.5 Å². The fourth-order valence-electron chi connectivity index (χ4n) is 3.12. The lowest BCUT2D eigenvalue weighted by Crippen LogP contribution is -2.42. The van der Waals surface area contributed by atoms with Crippen molar-refractivity contribution in [3.8, 4) is 11.5 Å². The first kappa shape index (κ1) is 20.7. The van der Waals surface area contributed by atoms with Crippen molar-refractivity contribution in [3.05, 3.63) is 52.5 Å². The molecule has 0 saturated carbocycles. The van der Waals surface area contributed by atoms with E-state index in [1.54, 1.807) is 43.3 Å². The molecule has 1 fully saturated rings. The molecule has 1 aliphatic rings. The van der Waals surface area contributed by atoms with E-state index in [0.717, 1.165) is 4.90 Å². The third-order valence-corrected chi connectivity index (χ3v) is 5.36. The molecule has 0 aromatic heterocycles. The van der Waals surface area contributed by atoms with Crippen LogP contribution in [0.2, 0.25) is 0 Å². The number of anilines is 1. The molecule has 1 saturated heterocycles. The Labute approximate surface area is 176 Å². The van der Waals surface area contributed by atoms with Gasteiger partial charge in [-0.1, -0.05) is 34.1 Å². The number of urea groups is 1. The molecule has 4 amide bonds. The summed E-state index contributed by atoms with van der Waals surface area (Å²) >= 11 is 3.41. The Kier molecular flexibility index (Phi) is 5.78. The summed E-state index contributed by atoms with van der Waals surface area (Å²) in [6, 6.07) is 11.4. The molecule has 2 aromatic carbocycles. The number of hydrogen-bond acceptors (Lipinski definition) is 5. The van der Waals surface area contributed by atoms with Crippen LogP contribution in [0.5, 0.6) is 11.5 Å². The average Bonchev–Trinajstić information content (AvgIpc) is 2.92. The summed E-state index contributed by atoms with van der Waals surface area (Å²) in [4.78, 5) is 38.8. The lowest BCUT2D eigenvalue weighted by Gasteiger charge is -2.23. The van der Waals surface area contributed by atoms with Gasteiger partial charge in [-0.3, -0.25) is 14.5 Å². The zero-order valence-electron chi connectivity index (χ0n) is 16.1. The number of benzene rings is 2. The minimum absolute atomic E-state index is 0.396. The molecule has 1 aliphatic heterocycles. The zero-order valence-corrected chi connectivity index (χ0v) is 17.7. The van der Waals surface area contributed by atoms with E-state index >= 15 is 0 Å². The standard InChI is InChI=1S/C20H20BrN3O5/c1-20(13-6-4-5-7-14(13)21)18(26)24(19(27)23-20)11-17(25)22-15-9-8-12(28-2)10-16(15)29-3/h4-10H,11H2,1-3H3,(H,22,25)(H,23,27)/t20-/m0/s1. The summed E-state index contributed by atoms with van der Waals surface area (Å²) in [5.74, 6) is -0.0781. The molecule has 0 bridgehead atoms. The summed E-state index contributed by atoms with van der Waals surface area (Å²) in [5.41, 5.74) is -0.257. The number of ether oxygens (including phenoxy) is 2. The number of hydrogen-bond donors (Lipinski definition) is 2. The van der Waals surface area contributed by atoms with Crippen LogP contribution in [0.1, 0.15) is 12.5 Å². The SMILES string of the molecule is COc1ccc(NC(=O)CN2C(=O)N[C@@](C)(c3ccccc3Br)C2=O)c(OC)c1. The van der Waals surface area contributed by atoms with Gasteiger partial charge in [0.15, 0.2) is 0 Å². The maximum absolute atomic E-state index is 13.0. The number of carbonyl (C=O) groups excluding carboxylic acids is 3. The molecule has 1 atom stereocenters. The fourth-order valence-corrected chi connectivity index (χ4v) is 3.81. The predicted molar refractivity (Wildman–Crippen MR) is 110 cm³/mol. The highest BCUT2D eigenvalue weighted by atomic mass is 79.9. The molecule has 9 heteroatoms. The van der Waals surface area contributed by atoms with E-state index in [1.807, 2.05) is 6.07 Å². The van der Waals surface area contributed by atoms with Gasteiger partial charge in [-0.15, -0.1) is 0 Å². The first-order chi connectivity index (χ1) is 13.8. The van der Waals surface area contributed by atoms with E-state index in [-0.39, 0.29) is 0 Å². The van der Waals surface area contributed by atoms with Crippen LogP contribution in [0.4, 0.5) is 10.5 Å². The summed E-state index contributed by atoms with van der Waals surface area (Å²) < 4.78 is 11.1. The molecule has 29 heavy (non-hydrogen) atoms. The summed E-state index contributed by atoms with van der Waals surface area (Å²) in [6.45, 7) is 1.18. The van der Waals surface area contributed by atoms with Gasteiger partial charge in [0, 0.05) is 16.1 Å². The first-order valence-corrected chi connectivity index (χ1v) is 9.50. The molecule has 2 aromatic rings. The lowest BCUT2D eigenvalue weighted by molar-refractivity contribution is -0.133. The number of nitrogens with one attached hydrogen (secondary N) is 2. The number of nitrogens with zero attached hydrogens (tertiary/aromatic N) is 1. The van der Waals surface area contributed by atoms with Gasteiger partial charge in [-0.25, -0.2) is 4.79 Å². The second-order valence-corrected chi connectivity index (χ2v) is 7.40.